The number of hydrogen-bond donors (Lipinski definition) is 0. The molecule has 4 rings (SSSR count). The molecule has 0 N–H and O–H groups in total. The number of furan rings is 1. The van der Waals surface area contributed by atoms with Crippen LogP contribution in [0.15, 0.2) is 59.0 Å². The fourth-order valence-electron chi connectivity index (χ4n) is 2.67. The number of para-hydroxylation sites is 2. The Morgan fingerprint density at radius 1 is 1.17 bits per heavy atom. The van der Waals surface area contributed by atoms with E-state index in [9.17, 15) is 4.79 Å². The van der Waals surface area contributed by atoms with E-state index in [4.69, 9.17) is 4.42 Å². The van der Waals surface area contributed by atoms with Crippen LogP contribution in [0, 0.1) is 0 Å². The van der Waals surface area contributed by atoms with Gasteiger partial charge in [0.2, 0.25) is 0 Å². The number of fused-ring (bicyclic) bond motifs is 2. The number of nitrogens with zero attached hydrogens (tertiary/aromatic N) is 2. The van der Waals surface area contributed by atoms with Gasteiger partial charge in [-0.05, 0) is 31.2 Å². The number of benzene rings is 2. The minimum atomic E-state index is -0.141. The zero-order valence-electron chi connectivity index (χ0n) is 13.4. The van der Waals surface area contributed by atoms with Crippen LogP contribution in [0.1, 0.15) is 28.5 Å². The van der Waals surface area contributed by atoms with E-state index in [-0.39, 0.29) is 11.9 Å². The number of rotatable bonds is 3. The lowest BCUT2D eigenvalue weighted by Crippen LogP contribution is -2.29. The molecular weight excluding hydrogens is 320 g/mol. The molecule has 1 amide bonds. The van der Waals surface area contributed by atoms with Crippen LogP contribution < -0.4 is 0 Å². The summed E-state index contributed by atoms with van der Waals surface area (Å²) in [5.41, 5.74) is 1.69. The van der Waals surface area contributed by atoms with Crippen LogP contribution in [-0.4, -0.2) is 22.8 Å². The van der Waals surface area contributed by atoms with Gasteiger partial charge in [0.25, 0.3) is 5.91 Å². The standard InChI is InChI=1S/C19H16N2O2S/c1-12(18-20-14-8-4-6-10-17(14)24-18)21(2)19(22)16-11-13-7-3-5-9-15(13)23-16/h3-12H,1-2H3/t12-/m0/s1. The van der Waals surface area contributed by atoms with E-state index in [1.54, 1.807) is 29.4 Å². The third-order valence-corrected chi connectivity index (χ3v) is 5.41. The Bertz CT molecular complexity index is 968. The first kappa shape index (κ1) is 14.9. The van der Waals surface area contributed by atoms with Crippen molar-refractivity contribution in [3.63, 3.8) is 0 Å². The maximum atomic E-state index is 12.8. The van der Waals surface area contributed by atoms with Gasteiger partial charge in [0, 0.05) is 12.4 Å². The van der Waals surface area contributed by atoms with Crippen LogP contribution in [0.4, 0.5) is 0 Å². The summed E-state index contributed by atoms with van der Waals surface area (Å²) in [5.74, 6) is 0.213. The van der Waals surface area contributed by atoms with Gasteiger partial charge in [0.1, 0.15) is 10.6 Å². The van der Waals surface area contributed by atoms with Gasteiger partial charge in [0.05, 0.1) is 16.3 Å². The number of hydrogen-bond acceptors (Lipinski definition) is 4. The quantitative estimate of drug-likeness (QED) is 0.536. The normalized spacial score (nSPS) is 12.6. The summed E-state index contributed by atoms with van der Waals surface area (Å²) in [4.78, 5) is 19.1. The molecule has 2 heterocycles. The summed E-state index contributed by atoms with van der Waals surface area (Å²) in [6.07, 6.45) is 0. The first-order chi connectivity index (χ1) is 11.6. The zero-order valence-corrected chi connectivity index (χ0v) is 14.2. The van der Waals surface area contributed by atoms with E-state index in [2.05, 4.69) is 4.98 Å². The maximum absolute atomic E-state index is 12.8. The number of carbonyl (C=O) groups is 1. The number of thiazole rings is 1. The number of amides is 1. The van der Waals surface area contributed by atoms with Gasteiger partial charge in [-0.25, -0.2) is 4.98 Å². The Morgan fingerprint density at radius 3 is 2.71 bits per heavy atom. The molecule has 0 aliphatic rings. The summed E-state index contributed by atoms with van der Waals surface area (Å²) in [6, 6.07) is 17.3. The van der Waals surface area contributed by atoms with Crippen molar-refractivity contribution in [3.05, 3.63) is 65.4 Å². The first-order valence-corrected chi connectivity index (χ1v) is 8.56. The van der Waals surface area contributed by atoms with Crippen molar-refractivity contribution in [2.24, 2.45) is 0 Å². The molecule has 0 unspecified atom stereocenters. The van der Waals surface area contributed by atoms with Crippen LogP contribution in [0.5, 0.6) is 0 Å². The molecule has 2 aromatic heterocycles. The second-order valence-electron chi connectivity index (χ2n) is 5.76. The fourth-order valence-corrected chi connectivity index (χ4v) is 3.73. The molecule has 24 heavy (non-hydrogen) atoms. The Hall–Kier alpha value is -2.66. The van der Waals surface area contributed by atoms with E-state index >= 15 is 0 Å². The van der Waals surface area contributed by atoms with Crippen LogP contribution >= 0.6 is 11.3 Å². The Kier molecular flexibility index (Phi) is 3.58. The molecule has 1 atom stereocenters. The van der Waals surface area contributed by atoms with Gasteiger partial charge in [-0.15, -0.1) is 11.3 Å². The second kappa shape index (κ2) is 5.76. The van der Waals surface area contributed by atoms with Gasteiger partial charge < -0.3 is 9.32 Å². The molecule has 0 radical (unpaired) electrons. The summed E-state index contributed by atoms with van der Waals surface area (Å²) >= 11 is 1.62. The summed E-state index contributed by atoms with van der Waals surface area (Å²) < 4.78 is 6.82. The van der Waals surface area contributed by atoms with Crippen molar-refractivity contribution in [2.75, 3.05) is 7.05 Å². The third-order valence-electron chi connectivity index (χ3n) is 4.21. The van der Waals surface area contributed by atoms with E-state index in [1.807, 2.05) is 55.5 Å². The molecule has 0 fully saturated rings. The Labute approximate surface area is 143 Å². The smallest absolute Gasteiger partial charge is 0.289 e. The number of carbonyl (C=O) groups excluding carboxylic acids is 1. The van der Waals surface area contributed by atoms with Crippen molar-refractivity contribution in [1.29, 1.82) is 0 Å². The molecule has 0 aliphatic carbocycles. The maximum Gasteiger partial charge on any atom is 0.289 e. The molecule has 0 saturated carbocycles. The molecule has 0 aliphatic heterocycles. The highest BCUT2D eigenvalue weighted by Gasteiger charge is 2.24. The van der Waals surface area contributed by atoms with Crippen LogP contribution in [-0.2, 0) is 0 Å². The van der Waals surface area contributed by atoms with Crippen molar-refractivity contribution in [2.45, 2.75) is 13.0 Å². The minimum absolute atomic E-state index is 0.122. The van der Waals surface area contributed by atoms with E-state index < -0.39 is 0 Å². The largest absolute Gasteiger partial charge is 0.451 e. The van der Waals surface area contributed by atoms with Crippen molar-refractivity contribution >= 4 is 38.4 Å². The second-order valence-corrected chi connectivity index (χ2v) is 6.82. The van der Waals surface area contributed by atoms with Gasteiger partial charge in [0.15, 0.2) is 5.76 Å². The lowest BCUT2D eigenvalue weighted by molar-refractivity contribution is 0.0713. The fraction of sp³-hybridized carbons (Fsp3) is 0.158. The Balaban J connectivity index is 1.63. The molecular formula is C19H16N2O2S. The van der Waals surface area contributed by atoms with Gasteiger partial charge in [-0.3, -0.25) is 4.79 Å². The first-order valence-electron chi connectivity index (χ1n) is 7.74. The van der Waals surface area contributed by atoms with Crippen molar-refractivity contribution in [3.8, 4) is 0 Å². The van der Waals surface area contributed by atoms with E-state index in [0.29, 0.717) is 5.76 Å². The molecule has 0 saturated heterocycles. The third kappa shape index (κ3) is 2.47. The molecule has 4 nitrogen and oxygen atoms in total. The molecule has 5 heteroatoms. The average molecular weight is 336 g/mol. The molecule has 4 aromatic rings. The molecule has 0 bridgehead atoms. The summed E-state index contributed by atoms with van der Waals surface area (Å²) in [5, 5.41) is 1.85. The highest BCUT2D eigenvalue weighted by molar-refractivity contribution is 7.18. The SMILES string of the molecule is C[C@@H](c1nc2ccccc2s1)N(C)C(=O)c1cc2ccccc2o1. The lowest BCUT2D eigenvalue weighted by atomic mass is 10.2. The molecule has 120 valence electrons. The number of aromatic nitrogens is 1. The van der Waals surface area contributed by atoms with Crippen LogP contribution in [0.25, 0.3) is 21.2 Å². The van der Waals surface area contributed by atoms with E-state index in [0.717, 1.165) is 26.2 Å². The minimum Gasteiger partial charge on any atom is -0.451 e. The summed E-state index contributed by atoms with van der Waals surface area (Å²) in [6.45, 7) is 1.98. The van der Waals surface area contributed by atoms with E-state index in [1.165, 1.54) is 0 Å². The van der Waals surface area contributed by atoms with Gasteiger partial charge in [-0.2, -0.15) is 0 Å². The predicted octanol–water partition coefficient (Wildman–Crippen LogP) is 4.88. The Morgan fingerprint density at radius 2 is 1.92 bits per heavy atom. The monoisotopic (exact) mass is 336 g/mol. The van der Waals surface area contributed by atoms with Crippen molar-refractivity contribution < 1.29 is 9.21 Å². The molecule has 2 aromatic carbocycles. The topological polar surface area (TPSA) is 46.3 Å². The van der Waals surface area contributed by atoms with Crippen LogP contribution in [0.3, 0.4) is 0 Å². The summed E-state index contributed by atoms with van der Waals surface area (Å²) in [7, 11) is 1.78. The van der Waals surface area contributed by atoms with Gasteiger partial charge >= 0.3 is 0 Å². The van der Waals surface area contributed by atoms with Crippen LogP contribution in [0.2, 0.25) is 0 Å². The highest BCUT2D eigenvalue weighted by Crippen LogP contribution is 2.30. The highest BCUT2D eigenvalue weighted by atomic mass is 32.1. The lowest BCUT2D eigenvalue weighted by Gasteiger charge is -2.22. The average Bonchev–Trinajstić information content (AvgIpc) is 3.23. The zero-order chi connectivity index (χ0) is 16.7. The predicted molar refractivity (Wildman–Crippen MR) is 96.3 cm³/mol. The van der Waals surface area contributed by atoms with Crippen molar-refractivity contribution in [1.82, 2.24) is 9.88 Å². The van der Waals surface area contributed by atoms with Gasteiger partial charge in [-0.1, -0.05) is 30.3 Å². The molecule has 0 spiro atoms.